The fourth-order valence-electron chi connectivity index (χ4n) is 3.94. The molecule has 0 radical (unpaired) electrons. The van der Waals surface area contributed by atoms with E-state index in [0.717, 1.165) is 19.0 Å². The van der Waals surface area contributed by atoms with E-state index in [1.54, 1.807) is 18.5 Å². The minimum absolute atomic E-state index is 0.0371. The Morgan fingerprint density at radius 1 is 1.33 bits per heavy atom. The van der Waals surface area contributed by atoms with Crippen molar-refractivity contribution < 1.29 is 9.18 Å². The first-order chi connectivity index (χ1) is 11.7. The monoisotopic (exact) mass is 330 g/mol. The smallest absolute Gasteiger partial charge is 0.237 e. The number of fused-ring (bicyclic) bond motifs is 1. The van der Waals surface area contributed by atoms with Crippen LogP contribution in [0.1, 0.15) is 6.42 Å². The largest absolute Gasteiger partial charge is 0.340 e. The molecule has 1 aromatic rings. The van der Waals surface area contributed by atoms with Crippen molar-refractivity contribution in [3.05, 3.63) is 18.5 Å². The number of amides is 1. The number of hydrogen-bond donors (Lipinski definition) is 1. The lowest BCUT2D eigenvalue weighted by Gasteiger charge is -2.21. The van der Waals surface area contributed by atoms with Gasteiger partial charge in [-0.25, -0.2) is 14.4 Å². The Balaban J connectivity index is 1.25. The van der Waals surface area contributed by atoms with Gasteiger partial charge < -0.3 is 15.1 Å². The Bertz CT molecular complexity index is 652. The first kappa shape index (κ1) is 15.3. The summed E-state index contributed by atoms with van der Waals surface area (Å²) in [6, 6.07) is 3.50. The number of anilines is 1. The van der Waals surface area contributed by atoms with E-state index in [-0.39, 0.29) is 25.4 Å². The van der Waals surface area contributed by atoms with Gasteiger partial charge in [-0.3, -0.25) is 4.79 Å². The van der Waals surface area contributed by atoms with Crippen molar-refractivity contribution >= 4 is 11.9 Å². The van der Waals surface area contributed by atoms with Crippen LogP contribution in [0.5, 0.6) is 0 Å². The van der Waals surface area contributed by atoms with Gasteiger partial charge in [0.1, 0.15) is 12.2 Å². The number of nitrogens with zero attached hydrogens (tertiary/aromatic N) is 5. The van der Waals surface area contributed by atoms with Gasteiger partial charge in [-0.2, -0.15) is 5.26 Å². The number of hydrogen-bond acceptors (Lipinski definition) is 6. The Kier molecular flexibility index (Phi) is 3.81. The second-order valence-corrected chi connectivity index (χ2v) is 6.71. The molecule has 1 N–H and O–H groups in total. The van der Waals surface area contributed by atoms with Crippen LogP contribution in [0.25, 0.3) is 0 Å². The first-order valence-electron chi connectivity index (χ1n) is 8.26. The lowest BCUT2D eigenvalue weighted by Crippen LogP contribution is -2.43. The van der Waals surface area contributed by atoms with E-state index in [4.69, 9.17) is 5.26 Å². The normalized spacial score (nSPS) is 34.1. The highest BCUT2D eigenvalue weighted by atomic mass is 19.1. The summed E-state index contributed by atoms with van der Waals surface area (Å²) < 4.78 is 13.4. The molecule has 1 aromatic heterocycles. The van der Waals surface area contributed by atoms with E-state index in [1.165, 1.54) is 4.90 Å². The molecule has 3 fully saturated rings. The van der Waals surface area contributed by atoms with Gasteiger partial charge in [0, 0.05) is 37.9 Å². The highest BCUT2D eigenvalue weighted by molar-refractivity contribution is 5.79. The molecule has 0 bridgehead atoms. The summed E-state index contributed by atoms with van der Waals surface area (Å²) in [4.78, 5) is 24.3. The Hall–Kier alpha value is -2.27. The second-order valence-electron chi connectivity index (χ2n) is 6.71. The van der Waals surface area contributed by atoms with E-state index in [2.05, 4.69) is 20.2 Å². The average molecular weight is 330 g/mol. The van der Waals surface area contributed by atoms with Crippen LogP contribution >= 0.6 is 0 Å². The van der Waals surface area contributed by atoms with Crippen LogP contribution in [0.15, 0.2) is 18.5 Å². The number of carbonyl (C=O) groups excluding carboxylic acids is 1. The summed E-state index contributed by atoms with van der Waals surface area (Å²) in [6.07, 6.45) is 2.52. The third kappa shape index (κ3) is 2.69. The van der Waals surface area contributed by atoms with Crippen molar-refractivity contribution in [1.82, 2.24) is 20.2 Å². The van der Waals surface area contributed by atoms with E-state index in [9.17, 15) is 9.18 Å². The van der Waals surface area contributed by atoms with Crippen LogP contribution < -0.4 is 10.2 Å². The van der Waals surface area contributed by atoms with Gasteiger partial charge in [-0.15, -0.1) is 0 Å². The number of piperidine rings is 1. The van der Waals surface area contributed by atoms with Crippen LogP contribution in [-0.4, -0.2) is 65.2 Å². The van der Waals surface area contributed by atoms with Gasteiger partial charge in [-0.05, 0) is 17.9 Å². The number of alkyl halides is 1. The van der Waals surface area contributed by atoms with Crippen molar-refractivity contribution in [3.8, 4) is 6.07 Å². The molecule has 1 amide bonds. The third-order valence-electron chi connectivity index (χ3n) is 5.24. The fraction of sp³-hybridized carbons (Fsp3) is 0.625. The van der Waals surface area contributed by atoms with Crippen LogP contribution in [0.2, 0.25) is 0 Å². The molecule has 2 aliphatic heterocycles. The first-order valence-corrected chi connectivity index (χ1v) is 8.26. The molecule has 1 saturated carbocycles. The molecule has 1 aliphatic carbocycles. The molecule has 4 rings (SSSR count). The number of halogens is 1. The topological polar surface area (TPSA) is 85.2 Å². The van der Waals surface area contributed by atoms with Gasteiger partial charge in [-0.1, -0.05) is 0 Å². The van der Waals surface area contributed by atoms with Gasteiger partial charge >= 0.3 is 0 Å². The zero-order valence-electron chi connectivity index (χ0n) is 13.2. The van der Waals surface area contributed by atoms with Gasteiger partial charge in [0.05, 0.1) is 19.2 Å². The van der Waals surface area contributed by atoms with Crippen molar-refractivity contribution in [2.24, 2.45) is 11.8 Å². The molecule has 0 spiro atoms. The number of nitrogens with one attached hydrogen (secondary N) is 1. The number of nitriles is 1. The number of likely N-dealkylation sites (tertiary alicyclic amines) is 1. The van der Waals surface area contributed by atoms with Crippen molar-refractivity contribution in [2.75, 3.05) is 31.1 Å². The van der Waals surface area contributed by atoms with Gasteiger partial charge in [0.25, 0.3) is 0 Å². The zero-order valence-corrected chi connectivity index (χ0v) is 13.2. The summed E-state index contributed by atoms with van der Waals surface area (Å²) in [5, 5.41) is 12.3. The minimum atomic E-state index is -1.08. The van der Waals surface area contributed by atoms with E-state index in [0.29, 0.717) is 17.9 Å². The molecular weight excluding hydrogens is 311 g/mol. The van der Waals surface area contributed by atoms with Crippen molar-refractivity contribution in [2.45, 2.75) is 24.7 Å². The van der Waals surface area contributed by atoms with Crippen LogP contribution in [0.3, 0.4) is 0 Å². The number of rotatable bonds is 4. The highest BCUT2D eigenvalue weighted by Crippen LogP contribution is 2.46. The fourth-order valence-corrected chi connectivity index (χ4v) is 3.94. The second kappa shape index (κ2) is 5.98. The lowest BCUT2D eigenvalue weighted by molar-refractivity contribution is -0.130. The predicted octanol–water partition coefficient (Wildman–Crippen LogP) is -0.0366. The van der Waals surface area contributed by atoms with E-state index < -0.39 is 12.2 Å². The number of aromatic nitrogens is 2. The molecule has 3 heterocycles. The molecule has 0 aromatic carbocycles. The molecular formula is C16H19FN6O. The van der Waals surface area contributed by atoms with E-state index >= 15 is 0 Å². The summed E-state index contributed by atoms with van der Waals surface area (Å²) in [5.74, 6) is 1.57. The van der Waals surface area contributed by atoms with Crippen LogP contribution in [0, 0.1) is 23.2 Å². The van der Waals surface area contributed by atoms with Crippen molar-refractivity contribution in [3.63, 3.8) is 0 Å². The minimum Gasteiger partial charge on any atom is -0.340 e. The Labute approximate surface area is 139 Å². The Morgan fingerprint density at radius 3 is 2.71 bits per heavy atom. The quantitative estimate of drug-likeness (QED) is 0.834. The summed E-state index contributed by atoms with van der Waals surface area (Å²) >= 11 is 0. The van der Waals surface area contributed by atoms with Gasteiger partial charge in [0.2, 0.25) is 11.9 Å². The van der Waals surface area contributed by atoms with Crippen LogP contribution in [0.4, 0.5) is 10.3 Å². The molecule has 1 unspecified atom stereocenters. The average Bonchev–Trinajstić information content (AvgIpc) is 2.95. The molecule has 5 atom stereocenters. The maximum absolute atomic E-state index is 13.4. The standard InChI is InChI=1S/C16H19FN6O/c17-10-4-11(5-18)23(7-10)14(24)6-21-15-12-8-22(9-13(12)15)16-19-2-1-3-20-16/h1-3,10-13,15,21H,4,6-9H2/t10-,11-,12-,13+,15?/m0/s1. The lowest BCUT2D eigenvalue weighted by atomic mass is 10.2. The van der Waals surface area contributed by atoms with E-state index in [1.807, 2.05) is 6.07 Å². The summed E-state index contributed by atoms with van der Waals surface area (Å²) in [6.45, 7) is 1.98. The molecule has 2 saturated heterocycles. The van der Waals surface area contributed by atoms with Gasteiger partial charge in [0.15, 0.2) is 0 Å². The molecule has 8 heteroatoms. The van der Waals surface area contributed by atoms with Crippen molar-refractivity contribution in [1.29, 1.82) is 5.26 Å². The highest BCUT2D eigenvalue weighted by Gasteiger charge is 2.56. The third-order valence-corrected chi connectivity index (χ3v) is 5.24. The summed E-state index contributed by atoms with van der Waals surface area (Å²) in [7, 11) is 0. The molecule has 24 heavy (non-hydrogen) atoms. The predicted molar refractivity (Wildman–Crippen MR) is 83.6 cm³/mol. The SMILES string of the molecule is N#C[C@@H]1C[C@H](F)CN1C(=O)CNC1[C@H]2CN(c3ncccn3)C[C@@H]12. The molecule has 126 valence electrons. The summed E-state index contributed by atoms with van der Waals surface area (Å²) in [5.41, 5.74) is 0. The van der Waals surface area contributed by atoms with Crippen LogP contribution in [-0.2, 0) is 4.79 Å². The number of carbonyl (C=O) groups is 1. The zero-order chi connectivity index (χ0) is 16.7. The molecule has 7 nitrogen and oxygen atoms in total. The maximum atomic E-state index is 13.4. The molecule has 3 aliphatic rings. The maximum Gasteiger partial charge on any atom is 0.237 e. The Morgan fingerprint density at radius 2 is 2.04 bits per heavy atom.